The Morgan fingerprint density at radius 3 is 2.06 bits per heavy atom. The number of rotatable bonds is 18. The molecule has 3 aliphatic rings. The molecule has 13 N–H and O–H groups in total. The largest absolute Gasteiger partial charge is 0.451 e. The van der Waals surface area contributed by atoms with Gasteiger partial charge in [0.2, 0.25) is 59.1 Å². The van der Waals surface area contributed by atoms with Crippen LogP contribution in [0.3, 0.4) is 0 Å². The standard InChI is InChI=1S/C53H80N14O13S3/c1-29-45(71)61-35(14-6-8-18-56-46(72)32(54)26-81)49(75)63-37(51(77)66-20-10-16-40(66)44(55)70)23-42(68)60-38(27-82)47(73)58-25-43(69)59-34(15-7-9-19-65(2)3)48(74)62-36(22-30-24-57-33-13-5-4-12-31(30)33)50(76)64-39(28-83)52(78)67-21-11-17-41(67)53(79)80-29/h4-5,12-13,24,29,32,34-41,57,81-83H,6-11,14-23,25-28,54H2,1-3H3,(H2,55,70)(H,56,72)(H,58,73)(H,59,69)(H,60,68)(H,61,71)(H,62,74)(H,63,75)(H,64,76)/t29-,32-,34-,35-,36-,37-,38-,39-,40-,41-/m0/s1. The lowest BCUT2D eigenvalue weighted by Gasteiger charge is -2.30. The lowest BCUT2D eigenvalue weighted by atomic mass is 10.0. The number of ether oxygens (including phenoxy) is 1. The van der Waals surface area contributed by atoms with Crippen molar-refractivity contribution in [2.24, 2.45) is 11.5 Å². The fraction of sp³-hybridized carbons (Fsp3) is 0.623. The number of H-pyrrole nitrogens is 1. The number of fused-ring (bicyclic) bond motifs is 2. The number of hydrogen-bond donors (Lipinski definition) is 14. The van der Waals surface area contributed by atoms with Gasteiger partial charge in [0, 0.05) is 60.4 Å². The summed E-state index contributed by atoms with van der Waals surface area (Å²) in [5.41, 5.74) is 12.8. The number of para-hydroxylation sites is 1. The van der Waals surface area contributed by atoms with Crippen LogP contribution in [0.5, 0.6) is 0 Å². The number of primary amides is 1. The first kappa shape index (κ1) is 67.2. The minimum Gasteiger partial charge on any atom is -0.451 e. The summed E-state index contributed by atoms with van der Waals surface area (Å²) >= 11 is 12.7. The van der Waals surface area contributed by atoms with Crippen molar-refractivity contribution in [1.82, 2.24) is 62.2 Å². The van der Waals surface area contributed by atoms with Crippen LogP contribution in [0.4, 0.5) is 0 Å². The Bertz CT molecular complexity index is 2660. The molecule has 11 amide bonds. The molecule has 0 unspecified atom stereocenters. The van der Waals surface area contributed by atoms with Crippen molar-refractivity contribution in [1.29, 1.82) is 0 Å². The number of unbranched alkanes of at least 4 members (excludes halogenated alkanes) is 2. The smallest absolute Gasteiger partial charge is 0.329 e. The van der Waals surface area contributed by atoms with Gasteiger partial charge < -0.3 is 78.4 Å². The second-order valence-corrected chi connectivity index (χ2v) is 22.2. The molecule has 3 aliphatic heterocycles. The molecule has 3 saturated heterocycles. The van der Waals surface area contributed by atoms with E-state index >= 15 is 0 Å². The number of nitrogens with two attached hydrogens (primary N) is 2. The van der Waals surface area contributed by atoms with Crippen LogP contribution in [0.25, 0.3) is 10.9 Å². The Labute approximate surface area is 498 Å². The maximum Gasteiger partial charge on any atom is 0.329 e. The van der Waals surface area contributed by atoms with E-state index in [1.54, 1.807) is 12.3 Å². The lowest BCUT2D eigenvalue weighted by Crippen LogP contribution is -2.59. The van der Waals surface area contributed by atoms with Crippen LogP contribution in [-0.2, 0) is 68.7 Å². The van der Waals surface area contributed by atoms with Gasteiger partial charge in [-0.25, -0.2) is 4.79 Å². The summed E-state index contributed by atoms with van der Waals surface area (Å²) < 4.78 is 5.64. The van der Waals surface area contributed by atoms with Crippen LogP contribution in [-0.4, -0.2) is 215 Å². The molecule has 10 atom stereocenters. The number of thiol groups is 3. The van der Waals surface area contributed by atoms with Gasteiger partial charge in [-0.15, -0.1) is 0 Å². The summed E-state index contributed by atoms with van der Waals surface area (Å²) in [4.78, 5) is 174. The fourth-order valence-electron chi connectivity index (χ4n) is 9.91. The molecule has 1 aromatic heterocycles. The van der Waals surface area contributed by atoms with Gasteiger partial charge in [0.1, 0.15) is 48.3 Å². The molecule has 0 radical (unpaired) electrons. The van der Waals surface area contributed by atoms with Crippen molar-refractivity contribution in [3.05, 3.63) is 36.0 Å². The molecular formula is C53H80N14O13S3. The normalized spacial score (nSPS) is 25.6. The summed E-state index contributed by atoms with van der Waals surface area (Å²) in [5, 5.41) is 21.6. The molecule has 0 aliphatic carbocycles. The van der Waals surface area contributed by atoms with E-state index in [1.807, 2.05) is 37.2 Å². The number of likely N-dealkylation sites (tertiary alicyclic amines) is 1. The number of aromatic amines is 1. The van der Waals surface area contributed by atoms with E-state index in [4.69, 9.17) is 16.2 Å². The van der Waals surface area contributed by atoms with E-state index in [-0.39, 0.29) is 81.8 Å². The second-order valence-electron chi connectivity index (χ2n) is 21.1. The number of cyclic esters (lactones) is 1. The van der Waals surface area contributed by atoms with Crippen molar-refractivity contribution < 1.29 is 62.3 Å². The van der Waals surface area contributed by atoms with E-state index in [2.05, 4.69) is 85.4 Å². The Kier molecular flexibility index (Phi) is 26.7. The van der Waals surface area contributed by atoms with Gasteiger partial charge in [0.05, 0.1) is 19.0 Å². The van der Waals surface area contributed by atoms with Gasteiger partial charge in [0.25, 0.3) is 5.91 Å². The number of amides is 11. The van der Waals surface area contributed by atoms with E-state index in [1.165, 1.54) is 11.8 Å². The monoisotopic (exact) mass is 1220 g/mol. The van der Waals surface area contributed by atoms with Crippen molar-refractivity contribution in [3.63, 3.8) is 0 Å². The topological polar surface area (TPSA) is 388 Å². The van der Waals surface area contributed by atoms with Gasteiger partial charge in [0.15, 0.2) is 6.10 Å². The summed E-state index contributed by atoms with van der Waals surface area (Å²) in [6, 6.07) is -4.50. The minimum atomic E-state index is -1.72. The molecule has 2 aromatic rings. The fourth-order valence-corrected chi connectivity index (χ4v) is 10.6. The first-order chi connectivity index (χ1) is 39.6. The lowest BCUT2D eigenvalue weighted by molar-refractivity contribution is -0.162. The molecule has 1 aromatic carbocycles. The average molecular weight is 1220 g/mol. The molecular weight excluding hydrogens is 1140 g/mol. The Morgan fingerprint density at radius 1 is 0.747 bits per heavy atom. The van der Waals surface area contributed by atoms with Crippen molar-refractivity contribution in [2.75, 3.05) is 64.1 Å². The van der Waals surface area contributed by atoms with Gasteiger partial charge in [-0.2, -0.15) is 37.9 Å². The SMILES string of the molecule is C[C@@H]1OC(=O)[C@@H]2CCCN2C(=O)[C@H](CS)NC(=O)[C@H](Cc2c[nH]c3ccccc23)NC(=O)[C@H](CCCCN(C)C)NC(=O)CNC(=O)[C@H](CS)NC(=O)C[C@@H](C(=O)N2CCC[C@H]2C(N)=O)NC(=O)[C@H](CCCCNC(=O)[C@@H](N)CS)NC1=O. The highest BCUT2D eigenvalue weighted by Crippen LogP contribution is 2.23. The third kappa shape index (κ3) is 19.7. The number of carbonyl (C=O) groups is 12. The number of aromatic nitrogens is 1. The summed E-state index contributed by atoms with van der Waals surface area (Å²) in [6.45, 7) is 1.39. The van der Waals surface area contributed by atoms with Gasteiger partial charge >= 0.3 is 5.97 Å². The van der Waals surface area contributed by atoms with Crippen LogP contribution in [0.15, 0.2) is 30.5 Å². The zero-order valence-corrected chi connectivity index (χ0v) is 49.6. The second kappa shape index (κ2) is 33.0. The van der Waals surface area contributed by atoms with E-state index < -0.39 is 144 Å². The highest BCUT2D eigenvalue weighted by molar-refractivity contribution is 7.80. The van der Waals surface area contributed by atoms with Gasteiger partial charge in [-0.05, 0) is 103 Å². The molecule has 30 heteroatoms. The zero-order chi connectivity index (χ0) is 60.9. The molecule has 5 rings (SSSR count). The maximum absolute atomic E-state index is 14.5. The predicted octanol–water partition coefficient (Wildman–Crippen LogP) is -3.33. The van der Waals surface area contributed by atoms with Crippen LogP contribution < -0.4 is 54.0 Å². The van der Waals surface area contributed by atoms with Crippen molar-refractivity contribution >= 4 is 120 Å². The average Bonchev–Trinajstić information content (AvgIpc) is 4.27. The third-order valence-electron chi connectivity index (χ3n) is 14.5. The number of nitrogens with zero attached hydrogens (tertiary/aromatic N) is 3. The Hall–Kier alpha value is -6.63. The molecule has 3 fully saturated rings. The van der Waals surface area contributed by atoms with Gasteiger partial charge in [-0.3, -0.25) is 52.7 Å². The number of nitrogens with one attached hydrogen (secondary N) is 9. The molecule has 83 heavy (non-hydrogen) atoms. The van der Waals surface area contributed by atoms with E-state index in [0.717, 1.165) is 15.8 Å². The Morgan fingerprint density at radius 2 is 1.37 bits per heavy atom. The van der Waals surface area contributed by atoms with Crippen LogP contribution in [0, 0.1) is 0 Å². The molecule has 27 nitrogen and oxygen atoms in total. The number of benzene rings is 1. The maximum atomic E-state index is 14.5. The summed E-state index contributed by atoms with van der Waals surface area (Å²) in [7, 11) is 3.75. The highest BCUT2D eigenvalue weighted by atomic mass is 32.1. The Balaban J connectivity index is 1.49. The van der Waals surface area contributed by atoms with Crippen molar-refractivity contribution in [3.8, 4) is 0 Å². The number of esters is 1. The number of carbonyl (C=O) groups excluding carboxylic acids is 12. The quantitative estimate of drug-likeness (QED) is 0.0395. The minimum absolute atomic E-state index is 0.0357. The van der Waals surface area contributed by atoms with Gasteiger partial charge in [-0.1, -0.05) is 18.2 Å². The number of hydrogen-bond acceptors (Lipinski definition) is 18. The van der Waals surface area contributed by atoms with E-state index in [9.17, 15) is 57.5 Å². The molecule has 458 valence electrons. The molecule has 0 bridgehead atoms. The first-order valence-electron chi connectivity index (χ1n) is 27.8. The predicted molar refractivity (Wildman–Crippen MR) is 314 cm³/mol. The zero-order valence-electron chi connectivity index (χ0n) is 46.9. The van der Waals surface area contributed by atoms with Crippen molar-refractivity contribution in [2.45, 2.75) is 144 Å². The summed E-state index contributed by atoms with van der Waals surface area (Å²) in [5.74, 6) is -10.5. The molecule has 0 saturated carbocycles. The molecule has 4 heterocycles. The van der Waals surface area contributed by atoms with Crippen LogP contribution >= 0.6 is 37.9 Å². The van der Waals surface area contributed by atoms with Crippen LogP contribution in [0.2, 0.25) is 0 Å². The highest BCUT2D eigenvalue weighted by Gasteiger charge is 2.42. The van der Waals surface area contributed by atoms with E-state index in [0.29, 0.717) is 37.8 Å². The first-order valence-corrected chi connectivity index (χ1v) is 29.7. The van der Waals surface area contributed by atoms with Crippen LogP contribution in [0.1, 0.15) is 83.1 Å². The third-order valence-corrected chi connectivity index (χ3v) is 15.6. The molecule has 0 spiro atoms. The summed E-state index contributed by atoms with van der Waals surface area (Å²) in [6.07, 6.45) is 1.65.